The third-order valence-electron chi connectivity index (χ3n) is 6.34. The van der Waals surface area contributed by atoms with Gasteiger partial charge in [-0.15, -0.1) is 0 Å². The number of benzene rings is 4. The van der Waals surface area contributed by atoms with Crippen LogP contribution in [-0.4, -0.2) is 0 Å². The molecule has 0 atom stereocenters. The zero-order valence-corrected chi connectivity index (χ0v) is 17.3. The summed E-state index contributed by atoms with van der Waals surface area (Å²) in [7, 11) is 0. The van der Waals surface area contributed by atoms with E-state index in [1.165, 1.54) is 38.9 Å². The molecule has 0 aliphatic heterocycles. The molecule has 29 heavy (non-hydrogen) atoms. The normalized spacial score (nSPS) is 14.3. The van der Waals surface area contributed by atoms with Crippen LogP contribution in [0.2, 0.25) is 0 Å². The van der Waals surface area contributed by atoms with Gasteiger partial charge in [0.25, 0.3) is 0 Å². The van der Waals surface area contributed by atoms with E-state index in [1.54, 1.807) is 0 Å². The second-order valence-corrected chi connectivity index (χ2v) is 9.03. The van der Waals surface area contributed by atoms with Crippen LogP contribution in [0.3, 0.4) is 0 Å². The van der Waals surface area contributed by atoms with Crippen molar-refractivity contribution in [3.05, 3.63) is 131 Å². The van der Waals surface area contributed by atoms with Gasteiger partial charge in [0.15, 0.2) is 0 Å². The number of rotatable bonds is 2. The molecular formula is C29H26. The molecule has 1 aliphatic rings. The summed E-state index contributed by atoms with van der Waals surface area (Å²) in [6.45, 7) is 6.82. The largest absolute Gasteiger partial charge is 0.0713 e. The molecular weight excluding hydrogens is 348 g/mol. The maximum atomic E-state index is 2.34. The Morgan fingerprint density at radius 1 is 0.483 bits per heavy atom. The van der Waals surface area contributed by atoms with E-state index in [0.29, 0.717) is 0 Å². The van der Waals surface area contributed by atoms with Crippen molar-refractivity contribution in [2.24, 2.45) is 0 Å². The number of hydrogen-bond acceptors (Lipinski definition) is 0. The molecule has 0 N–H and O–H groups in total. The van der Waals surface area contributed by atoms with Gasteiger partial charge in [0.1, 0.15) is 0 Å². The van der Waals surface area contributed by atoms with Crippen molar-refractivity contribution in [3.63, 3.8) is 0 Å². The molecule has 142 valence electrons. The highest BCUT2D eigenvalue weighted by atomic mass is 14.5. The van der Waals surface area contributed by atoms with Crippen LogP contribution in [0.4, 0.5) is 0 Å². The Morgan fingerprint density at radius 2 is 0.931 bits per heavy atom. The molecule has 0 nitrogen and oxygen atoms in total. The van der Waals surface area contributed by atoms with E-state index in [1.807, 2.05) is 0 Å². The Labute approximate surface area is 173 Å². The second-order valence-electron chi connectivity index (χ2n) is 9.03. The molecule has 0 saturated heterocycles. The molecule has 5 rings (SSSR count). The van der Waals surface area contributed by atoms with E-state index >= 15 is 0 Å². The highest BCUT2D eigenvalue weighted by Gasteiger charge is 2.45. The Bertz CT molecular complexity index is 1110. The molecule has 0 radical (unpaired) electrons. The van der Waals surface area contributed by atoms with Crippen LogP contribution < -0.4 is 0 Å². The first-order valence-electron chi connectivity index (χ1n) is 10.4. The molecule has 4 aromatic rings. The van der Waals surface area contributed by atoms with Crippen LogP contribution in [-0.2, 0) is 10.8 Å². The second kappa shape index (κ2) is 6.46. The molecule has 0 heteroatoms. The van der Waals surface area contributed by atoms with Gasteiger partial charge in [0, 0.05) is 0 Å². The molecule has 4 aromatic carbocycles. The summed E-state index contributed by atoms with van der Waals surface area (Å²) in [5.74, 6) is 0. The van der Waals surface area contributed by atoms with Crippen molar-refractivity contribution >= 4 is 0 Å². The Kier molecular flexibility index (Phi) is 3.99. The monoisotopic (exact) mass is 374 g/mol. The van der Waals surface area contributed by atoms with Gasteiger partial charge in [0.2, 0.25) is 0 Å². The Hall–Kier alpha value is -3.12. The zero-order chi connectivity index (χ0) is 20.1. The standard InChI is InChI=1S/C29H26/c1-28(2,3)21-17-19-23(20-18-21)29(22-11-5-4-6-12-22)26-15-9-7-13-24(26)25-14-8-10-16-27(25)29/h4-20H,1-3H3. The average molecular weight is 375 g/mol. The lowest BCUT2D eigenvalue weighted by molar-refractivity contribution is 0.589. The van der Waals surface area contributed by atoms with E-state index in [4.69, 9.17) is 0 Å². The van der Waals surface area contributed by atoms with Gasteiger partial charge >= 0.3 is 0 Å². The van der Waals surface area contributed by atoms with Crippen LogP contribution in [0, 0.1) is 0 Å². The van der Waals surface area contributed by atoms with Crippen molar-refractivity contribution in [2.75, 3.05) is 0 Å². The topological polar surface area (TPSA) is 0 Å². The molecule has 0 amide bonds. The summed E-state index contributed by atoms with van der Waals surface area (Å²) in [5, 5.41) is 0. The fraction of sp³-hybridized carbons (Fsp3) is 0.172. The first-order chi connectivity index (χ1) is 14.0. The van der Waals surface area contributed by atoms with E-state index < -0.39 is 0 Å². The Morgan fingerprint density at radius 3 is 1.45 bits per heavy atom. The van der Waals surface area contributed by atoms with E-state index in [9.17, 15) is 0 Å². The summed E-state index contributed by atoms with van der Waals surface area (Å²) in [5.41, 5.74) is 9.29. The molecule has 0 fully saturated rings. The van der Waals surface area contributed by atoms with Crippen LogP contribution in [0.25, 0.3) is 11.1 Å². The lowest BCUT2D eigenvalue weighted by Crippen LogP contribution is -2.28. The smallest absolute Gasteiger partial charge is 0.0622 e. The minimum absolute atomic E-state index is 0.143. The first-order valence-corrected chi connectivity index (χ1v) is 10.4. The summed E-state index contributed by atoms with van der Waals surface area (Å²) < 4.78 is 0. The number of hydrogen-bond donors (Lipinski definition) is 0. The average Bonchev–Trinajstić information content (AvgIpc) is 3.05. The summed E-state index contributed by atoms with van der Waals surface area (Å²) in [4.78, 5) is 0. The Balaban J connectivity index is 1.87. The van der Waals surface area contributed by atoms with Crippen molar-refractivity contribution < 1.29 is 0 Å². The van der Waals surface area contributed by atoms with Gasteiger partial charge in [-0.2, -0.15) is 0 Å². The van der Waals surface area contributed by atoms with Crippen LogP contribution in [0.1, 0.15) is 48.6 Å². The fourth-order valence-electron chi connectivity index (χ4n) is 4.93. The molecule has 0 aromatic heterocycles. The third-order valence-corrected chi connectivity index (χ3v) is 6.34. The van der Waals surface area contributed by atoms with Gasteiger partial charge in [0.05, 0.1) is 5.41 Å². The molecule has 0 unspecified atom stereocenters. The lowest BCUT2D eigenvalue weighted by Gasteiger charge is -2.34. The maximum Gasteiger partial charge on any atom is 0.0713 e. The highest BCUT2D eigenvalue weighted by molar-refractivity contribution is 5.86. The van der Waals surface area contributed by atoms with E-state index in [-0.39, 0.29) is 10.8 Å². The SMILES string of the molecule is CC(C)(C)c1ccc(C2(c3ccccc3)c3ccccc3-c3ccccc32)cc1. The lowest BCUT2D eigenvalue weighted by atomic mass is 9.67. The third kappa shape index (κ3) is 2.59. The highest BCUT2D eigenvalue weighted by Crippen LogP contribution is 2.55. The molecule has 1 aliphatic carbocycles. The first kappa shape index (κ1) is 17.9. The van der Waals surface area contributed by atoms with Crippen LogP contribution in [0.5, 0.6) is 0 Å². The van der Waals surface area contributed by atoms with Gasteiger partial charge in [-0.25, -0.2) is 0 Å². The van der Waals surface area contributed by atoms with Gasteiger partial charge in [-0.05, 0) is 44.4 Å². The quantitative estimate of drug-likeness (QED) is 0.303. The van der Waals surface area contributed by atoms with Gasteiger partial charge in [-0.3, -0.25) is 0 Å². The van der Waals surface area contributed by atoms with Crippen molar-refractivity contribution in [3.8, 4) is 11.1 Å². The van der Waals surface area contributed by atoms with Gasteiger partial charge in [-0.1, -0.05) is 124 Å². The summed E-state index contributed by atoms with van der Waals surface area (Å²) in [6.07, 6.45) is 0. The fourth-order valence-corrected chi connectivity index (χ4v) is 4.93. The zero-order valence-electron chi connectivity index (χ0n) is 17.3. The predicted molar refractivity (Wildman–Crippen MR) is 122 cm³/mol. The molecule has 0 heterocycles. The maximum absolute atomic E-state index is 2.34. The predicted octanol–water partition coefficient (Wildman–Crippen LogP) is 7.35. The van der Waals surface area contributed by atoms with E-state index in [0.717, 1.165) is 0 Å². The van der Waals surface area contributed by atoms with Crippen LogP contribution >= 0.6 is 0 Å². The van der Waals surface area contributed by atoms with Crippen LogP contribution in [0.15, 0.2) is 103 Å². The van der Waals surface area contributed by atoms with Crippen molar-refractivity contribution in [1.29, 1.82) is 0 Å². The number of fused-ring (bicyclic) bond motifs is 3. The van der Waals surface area contributed by atoms with Crippen molar-refractivity contribution in [1.82, 2.24) is 0 Å². The van der Waals surface area contributed by atoms with E-state index in [2.05, 4.69) is 124 Å². The van der Waals surface area contributed by atoms with Gasteiger partial charge < -0.3 is 0 Å². The summed E-state index contributed by atoms with van der Waals surface area (Å²) >= 11 is 0. The molecule has 0 bridgehead atoms. The minimum Gasteiger partial charge on any atom is -0.0622 e. The summed E-state index contributed by atoms with van der Waals surface area (Å²) in [6, 6.07) is 38.1. The molecule has 0 saturated carbocycles. The minimum atomic E-state index is -0.287. The molecule has 0 spiro atoms. The van der Waals surface area contributed by atoms with Crippen molar-refractivity contribution in [2.45, 2.75) is 31.6 Å².